The Balaban J connectivity index is 1.39. The molecule has 0 radical (unpaired) electrons. The van der Waals surface area contributed by atoms with Gasteiger partial charge >= 0.3 is 0 Å². The number of rotatable bonds is 2. The van der Waals surface area contributed by atoms with E-state index in [1.807, 2.05) is 24.3 Å². The molecule has 2 aliphatic carbocycles. The SMILES string of the molecule is O=c1c2cc3sc4cc5c(=O)n(C6CCCCC6)c(=O)c6cc7sc8cc(c(=O)n1C1CCCCC1)c2c1c3c4c(c56)c7c81. The van der Waals surface area contributed by atoms with Crippen molar-refractivity contribution in [2.24, 2.45) is 0 Å². The molecule has 2 saturated carbocycles. The van der Waals surface area contributed by atoms with Gasteiger partial charge in [-0.15, -0.1) is 22.7 Å². The molecule has 5 aromatic carbocycles. The predicted molar refractivity (Wildman–Crippen MR) is 183 cm³/mol. The van der Waals surface area contributed by atoms with Crippen molar-refractivity contribution in [3.63, 3.8) is 0 Å². The summed E-state index contributed by atoms with van der Waals surface area (Å²) in [5.74, 6) is 0. The fourth-order valence-corrected chi connectivity index (χ4v) is 11.9. The number of hydrogen-bond donors (Lipinski definition) is 0. The first-order chi connectivity index (χ1) is 21.5. The first-order valence-electron chi connectivity index (χ1n) is 16.0. The number of hydrogen-bond acceptors (Lipinski definition) is 6. The lowest BCUT2D eigenvalue weighted by Gasteiger charge is -2.25. The van der Waals surface area contributed by atoms with Gasteiger partial charge in [0.1, 0.15) is 0 Å². The molecule has 6 nitrogen and oxygen atoms in total. The third-order valence-electron chi connectivity index (χ3n) is 11.3. The fourth-order valence-electron chi connectivity index (χ4n) is 9.45. The molecule has 0 unspecified atom stereocenters. The summed E-state index contributed by atoms with van der Waals surface area (Å²) in [6.45, 7) is 0. The molecule has 0 amide bonds. The lowest BCUT2D eigenvalue weighted by atomic mass is 9.86. The minimum atomic E-state index is -0.173. The highest BCUT2D eigenvalue weighted by Gasteiger charge is 2.32. The second kappa shape index (κ2) is 8.03. The zero-order chi connectivity index (χ0) is 29.2. The van der Waals surface area contributed by atoms with Crippen LogP contribution in [0.3, 0.4) is 0 Å². The number of thiophene rings is 2. The molecular weight excluding hydrogens is 589 g/mol. The smallest absolute Gasteiger partial charge is 0.261 e. The van der Waals surface area contributed by atoms with Crippen molar-refractivity contribution in [3.8, 4) is 0 Å². The van der Waals surface area contributed by atoms with Crippen LogP contribution in [-0.4, -0.2) is 9.13 Å². The van der Waals surface area contributed by atoms with Gasteiger partial charge in [0.2, 0.25) is 0 Å². The molecule has 2 fully saturated rings. The second-order valence-electron chi connectivity index (χ2n) is 13.4. The maximum atomic E-state index is 14.2. The van der Waals surface area contributed by atoms with E-state index in [1.165, 1.54) is 0 Å². The van der Waals surface area contributed by atoms with Gasteiger partial charge in [-0.3, -0.25) is 28.3 Å². The molecule has 4 aromatic heterocycles. The Morgan fingerprint density at radius 2 is 0.705 bits per heavy atom. The van der Waals surface area contributed by atoms with Gasteiger partial charge in [0.15, 0.2) is 0 Å². The van der Waals surface area contributed by atoms with Crippen LogP contribution in [0.25, 0.3) is 83.4 Å². The number of pyridine rings is 2. The van der Waals surface area contributed by atoms with E-state index in [-0.39, 0.29) is 34.3 Å². The van der Waals surface area contributed by atoms with Crippen LogP contribution in [0.5, 0.6) is 0 Å². The van der Waals surface area contributed by atoms with Crippen molar-refractivity contribution < 1.29 is 0 Å². The topological polar surface area (TPSA) is 78.1 Å². The molecule has 2 aliphatic rings. The van der Waals surface area contributed by atoms with Crippen molar-refractivity contribution in [3.05, 3.63) is 65.7 Å². The summed E-state index contributed by atoms with van der Waals surface area (Å²) in [5.41, 5.74) is -0.691. The van der Waals surface area contributed by atoms with Crippen LogP contribution >= 0.6 is 22.7 Å². The van der Waals surface area contributed by atoms with Gasteiger partial charge in [-0.1, -0.05) is 38.5 Å². The average Bonchev–Trinajstić information content (AvgIpc) is 3.61. The number of benzene rings is 5. The van der Waals surface area contributed by atoms with E-state index in [0.717, 1.165) is 126 Å². The maximum Gasteiger partial charge on any atom is 0.261 e. The van der Waals surface area contributed by atoms with E-state index < -0.39 is 0 Å². The molecule has 0 N–H and O–H groups in total. The van der Waals surface area contributed by atoms with E-state index in [9.17, 15) is 19.2 Å². The highest BCUT2D eigenvalue weighted by atomic mass is 32.1. The normalized spacial score (nSPS) is 18.2. The Morgan fingerprint density at radius 1 is 0.409 bits per heavy atom. The molecule has 0 bridgehead atoms. The van der Waals surface area contributed by atoms with E-state index in [1.54, 1.807) is 31.8 Å². The van der Waals surface area contributed by atoms with Gasteiger partial charge in [-0.05, 0) is 49.9 Å². The van der Waals surface area contributed by atoms with Gasteiger partial charge < -0.3 is 0 Å². The Morgan fingerprint density at radius 3 is 1.00 bits per heavy atom. The summed E-state index contributed by atoms with van der Waals surface area (Å²) in [5, 5.41) is 10.3. The average molecular weight is 615 g/mol. The molecule has 0 saturated heterocycles. The lowest BCUT2D eigenvalue weighted by molar-refractivity contribution is 0.342. The largest absolute Gasteiger partial charge is 0.271 e. The lowest BCUT2D eigenvalue weighted by Crippen LogP contribution is -2.37. The van der Waals surface area contributed by atoms with Crippen molar-refractivity contribution in [1.82, 2.24) is 9.13 Å². The molecule has 0 atom stereocenters. The molecule has 0 spiro atoms. The van der Waals surface area contributed by atoms with Crippen molar-refractivity contribution in [2.75, 3.05) is 0 Å². The van der Waals surface area contributed by atoms with Crippen LogP contribution in [-0.2, 0) is 0 Å². The number of nitrogens with zero attached hydrogens (tertiary/aromatic N) is 2. The minimum Gasteiger partial charge on any atom is -0.271 e. The highest BCUT2D eigenvalue weighted by molar-refractivity contribution is 7.28. The first kappa shape index (κ1) is 24.4. The Kier molecular flexibility index (Phi) is 4.46. The van der Waals surface area contributed by atoms with E-state index in [2.05, 4.69) is 0 Å². The highest BCUT2D eigenvalue weighted by Crippen LogP contribution is 2.55. The van der Waals surface area contributed by atoms with Crippen LogP contribution in [0, 0.1) is 0 Å². The van der Waals surface area contributed by atoms with Gasteiger partial charge in [0.25, 0.3) is 22.2 Å². The minimum absolute atomic E-state index is 0.0607. The Labute approximate surface area is 256 Å². The van der Waals surface area contributed by atoms with Crippen LogP contribution in [0.2, 0.25) is 0 Å². The molecule has 0 aliphatic heterocycles. The van der Waals surface area contributed by atoms with E-state index in [4.69, 9.17) is 0 Å². The summed E-state index contributed by atoms with van der Waals surface area (Å²) in [4.78, 5) is 56.9. The molecule has 4 heterocycles. The summed E-state index contributed by atoms with van der Waals surface area (Å²) in [6, 6.07) is 7.91. The third kappa shape index (κ3) is 2.68. The van der Waals surface area contributed by atoms with Crippen LogP contribution in [0.15, 0.2) is 43.4 Å². The zero-order valence-electron chi connectivity index (χ0n) is 23.9. The van der Waals surface area contributed by atoms with Gasteiger partial charge in [-0.25, -0.2) is 0 Å². The second-order valence-corrected chi connectivity index (χ2v) is 15.6. The van der Waals surface area contributed by atoms with Crippen molar-refractivity contribution in [2.45, 2.75) is 76.3 Å². The maximum absolute atomic E-state index is 14.2. The summed E-state index contributed by atoms with van der Waals surface area (Å²) >= 11 is 3.25. The number of aromatic nitrogens is 2. The van der Waals surface area contributed by atoms with Crippen LogP contribution in [0.1, 0.15) is 76.3 Å². The Bertz CT molecular complexity index is 2520. The van der Waals surface area contributed by atoms with Gasteiger partial charge in [0, 0.05) is 74.0 Å². The monoisotopic (exact) mass is 614 g/mol. The molecule has 216 valence electrons. The summed E-state index contributed by atoms with van der Waals surface area (Å²) in [6.07, 6.45) is 9.88. The molecule has 9 aromatic rings. The molecule has 8 heteroatoms. The fraction of sp³-hybridized carbons (Fsp3) is 0.333. The molecule has 44 heavy (non-hydrogen) atoms. The van der Waals surface area contributed by atoms with E-state index in [0.29, 0.717) is 21.5 Å². The summed E-state index contributed by atoms with van der Waals surface area (Å²) < 4.78 is 7.14. The standard InChI is InChI=1S/C36H26N2O4S2/c39-33-17-11-21-27-29-23(43-21)13-19-26-20(36(42)38(35(19)41)16-9-5-2-6-10-16)14-24-30(32(26)29)28-22(44-24)12-18(25(17)31(27)28)34(40)37(33)15-7-3-1-4-8-15/h11-16H,1-10H2. The predicted octanol–water partition coefficient (Wildman–Crippen LogP) is 8.28. The third-order valence-corrected chi connectivity index (χ3v) is 13.4. The molecular formula is C36H26N2O4S2. The van der Waals surface area contributed by atoms with Gasteiger partial charge in [0.05, 0.1) is 21.5 Å². The first-order valence-corrected chi connectivity index (χ1v) is 17.6. The molecule has 11 rings (SSSR count). The summed E-state index contributed by atoms with van der Waals surface area (Å²) in [7, 11) is 0. The van der Waals surface area contributed by atoms with Crippen LogP contribution in [0.4, 0.5) is 0 Å². The quantitative estimate of drug-likeness (QED) is 0.145. The van der Waals surface area contributed by atoms with Gasteiger partial charge in [-0.2, -0.15) is 0 Å². The Hall–Kier alpha value is -3.88. The van der Waals surface area contributed by atoms with E-state index >= 15 is 0 Å². The van der Waals surface area contributed by atoms with Crippen molar-refractivity contribution in [1.29, 1.82) is 0 Å². The zero-order valence-corrected chi connectivity index (χ0v) is 25.5. The van der Waals surface area contributed by atoms with Crippen molar-refractivity contribution >= 4 is 106 Å². The van der Waals surface area contributed by atoms with Crippen LogP contribution < -0.4 is 22.2 Å².